The summed E-state index contributed by atoms with van der Waals surface area (Å²) in [7, 11) is 2.05. The van der Waals surface area contributed by atoms with Crippen LogP contribution in [0, 0.1) is 5.92 Å². The maximum Gasteiger partial charge on any atom is 0.0213 e. The Morgan fingerprint density at radius 2 is 2.20 bits per heavy atom. The van der Waals surface area contributed by atoms with Gasteiger partial charge in [0.2, 0.25) is 0 Å². The zero-order valence-corrected chi connectivity index (χ0v) is 11.0. The molecule has 2 atom stereocenters. The van der Waals surface area contributed by atoms with Crippen molar-refractivity contribution in [1.29, 1.82) is 0 Å². The first-order valence-electron chi connectivity index (χ1n) is 5.64. The molecule has 82 valence electrons. The first-order valence-corrected chi connectivity index (χ1v) is 6.43. The van der Waals surface area contributed by atoms with Crippen molar-refractivity contribution in [3.8, 4) is 0 Å². The molecule has 0 aromatic heterocycles. The number of hydrogen-bond acceptors (Lipinski definition) is 1. The maximum atomic E-state index is 3.67. The molecular weight excluding hydrogens is 250 g/mol. The fourth-order valence-corrected chi connectivity index (χ4v) is 3.42. The fourth-order valence-electron chi connectivity index (χ4n) is 2.74. The molecule has 1 nitrogen and oxygen atoms in total. The van der Waals surface area contributed by atoms with E-state index in [1.807, 2.05) is 7.05 Å². The first-order chi connectivity index (χ1) is 7.24. The lowest BCUT2D eigenvalue weighted by Gasteiger charge is -2.19. The first kappa shape index (κ1) is 11.2. The molecule has 2 heteroatoms. The molecule has 1 aromatic carbocycles. The molecule has 1 N–H and O–H groups in total. The van der Waals surface area contributed by atoms with Crippen LogP contribution in [0.2, 0.25) is 0 Å². The summed E-state index contributed by atoms with van der Waals surface area (Å²) in [4.78, 5) is 0. The lowest BCUT2D eigenvalue weighted by Crippen LogP contribution is -2.26. The van der Waals surface area contributed by atoms with E-state index in [0.717, 1.165) is 12.5 Å². The van der Waals surface area contributed by atoms with Crippen molar-refractivity contribution < 1.29 is 0 Å². The molecule has 0 saturated heterocycles. The van der Waals surface area contributed by atoms with Gasteiger partial charge >= 0.3 is 0 Å². The summed E-state index contributed by atoms with van der Waals surface area (Å²) >= 11 is 3.67. The number of halogens is 1. The quantitative estimate of drug-likeness (QED) is 0.883. The van der Waals surface area contributed by atoms with Crippen LogP contribution >= 0.6 is 15.9 Å². The van der Waals surface area contributed by atoms with Crippen molar-refractivity contribution in [2.45, 2.75) is 25.2 Å². The van der Waals surface area contributed by atoms with Gasteiger partial charge in [-0.1, -0.05) is 47.5 Å². The lowest BCUT2D eigenvalue weighted by molar-refractivity contribution is 0.552. The molecule has 0 heterocycles. The van der Waals surface area contributed by atoms with Crippen LogP contribution in [-0.4, -0.2) is 13.6 Å². The molecule has 2 rings (SSSR count). The van der Waals surface area contributed by atoms with Crippen molar-refractivity contribution in [1.82, 2.24) is 5.32 Å². The van der Waals surface area contributed by atoms with Crippen molar-refractivity contribution >= 4 is 15.9 Å². The minimum absolute atomic E-state index is 0.392. The zero-order valence-electron chi connectivity index (χ0n) is 9.39. The number of hydrogen-bond donors (Lipinski definition) is 1. The van der Waals surface area contributed by atoms with Crippen molar-refractivity contribution in [2.75, 3.05) is 13.6 Å². The van der Waals surface area contributed by atoms with E-state index < -0.39 is 0 Å². The fraction of sp³-hybridized carbons (Fsp3) is 0.538. The summed E-state index contributed by atoms with van der Waals surface area (Å²) in [6, 6.07) is 8.64. The van der Waals surface area contributed by atoms with Crippen LogP contribution in [0.25, 0.3) is 0 Å². The second kappa shape index (κ2) is 4.26. The Labute approximate surface area is 100 Å². The van der Waals surface area contributed by atoms with Crippen LogP contribution in [0.1, 0.15) is 25.3 Å². The predicted molar refractivity (Wildman–Crippen MR) is 68.1 cm³/mol. The SMILES string of the molecule is CCC1CC1(CNC)c1ccccc1Br. The monoisotopic (exact) mass is 267 g/mol. The van der Waals surface area contributed by atoms with Gasteiger partial charge in [0.1, 0.15) is 0 Å². The highest BCUT2D eigenvalue weighted by Gasteiger charge is 2.53. The highest BCUT2D eigenvalue weighted by molar-refractivity contribution is 9.10. The topological polar surface area (TPSA) is 12.0 Å². The number of likely N-dealkylation sites (N-methyl/N-ethyl adjacent to an activating group) is 1. The number of nitrogens with one attached hydrogen (secondary N) is 1. The van der Waals surface area contributed by atoms with Crippen molar-refractivity contribution in [3.05, 3.63) is 34.3 Å². The van der Waals surface area contributed by atoms with E-state index in [1.54, 1.807) is 0 Å². The van der Waals surface area contributed by atoms with Crippen LogP contribution < -0.4 is 5.32 Å². The number of benzene rings is 1. The predicted octanol–water partition coefficient (Wildman–Crippen LogP) is 3.34. The maximum absolute atomic E-state index is 3.67. The largest absolute Gasteiger partial charge is 0.319 e. The molecule has 1 fully saturated rings. The molecule has 0 radical (unpaired) electrons. The highest BCUT2D eigenvalue weighted by atomic mass is 79.9. The van der Waals surface area contributed by atoms with Gasteiger partial charge in [0, 0.05) is 16.4 Å². The van der Waals surface area contributed by atoms with Crippen molar-refractivity contribution in [2.24, 2.45) is 5.92 Å². The summed E-state index contributed by atoms with van der Waals surface area (Å²) in [5.41, 5.74) is 1.87. The molecule has 0 spiro atoms. The molecule has 0 amide bonds. The Kier molecular flexibility index (Phi) is 3.17. The summed E-state index contributed by atoms with van der Waals surface area (Å²) in [5, 5.41) is 3.34. The molecular formula is C13H18BrN. The van der Waals surface area contributed by atoms with Crippen LogP contribution in [0.5, 0.6) is 0 Å². The zero-order chi connectivity index (χ0) is 10.9. The second-order valence-electron chi connectivity index (χ2n) is 4.48. The van der Waals surface area contributed by atoms with Gasteiger partial charge in [-0.3, -0.25) is 0 Å². The van der Waals surface area contributed by atoms with E-state index in [1.165, 1.54) is 22.9 Å². The molecule has 0 aliphatic heterocycles. The molecule has 1 aliphatic rings. The van der Waals surface area contributed by atoms with E-state index in [9.17, 15) is 0 Å². The molecule has 1 aromatic rings. The van der Waals surface area contributed by atoms with E-state index in [4.69, 9.17) is 0 Å². The van der Waals surface area contributed by atoms with Crippen LogP contribution in [0.3, 0.4) is 0 Å². The van der Waals surface area contributed by atoms with Crippen LogP contribution in [0.15, 0.2) is 28.7 Å². The minimum atomic E-state index is 0.392. The van der Waals surface area contributed by atoms with Gasteiger partial charge < -0.3 is 5.32 Å². The van der Waals surface area contributed by atoms with Crippen molar-refractivity contribution in [3.63, 3.8) is 0 Å². The Hall–Kier alpha value is -0.340. The van der Waals surface area contributed by atoms with Gasteiger partial charge in [-0.25, -0.2) is 0 Å². The van der Waals surface area contributed by atoms with Crippen LogP contribution in [0.4, 0.5) is 0 Å². The Morgan fingerprint density at radius 3 is 2.73 bits per heavy atom. The van der Waals surface area contributed by atoms with E-state index in [0.29, 0.717) is 5.41 Å². The van der Waals surface area contributed by atoms with Gasteiger partial charge in [0.15, 0.2) is 0 Å². The summed E-state index contributed by atoms with van der Waals surface area (Å²) in [5.74, 6) is 0.851. The van der Waals surface area contributed by atoms with Gasteiger partial charge in [-0.2, -0.15) is 0 Å². The Balaban J connectivity index is 2.31. The third-order valence-corrected chi connectivity index (χ3v) is 4.32. The van der Waals surface area contributed by atoms with Gasteiger partial charge in [0.05, 0.1) is 0 Å². The smallest absolute Gasteiger partial charge is 0.0213 e. The van der Waals surface area contributed by atoms with E-state index in [-0.39, 0.29) is 0 Å². The third-order valence-electron chi connectivity index (χ3n) is 3.63. The molecule has 0 bridgehead atoms. The van der Waals surface area contributed by atoms with Gasteiger partial charge in [-0.15, -0.1) is 0 Å². The molecule has 1 aliphatic carbocycles. The summed E-state index contributed by atoms with van der Waals surface area (Å²) in [6.07, 6.45) is 2.61. The lowest BCUT2D eigenvalue weighted by atomic mass is 9.92. The Bertz CT molecular complexity index is 350. The van der Waals surface area contributed by atoms with E-state index >= 15 is 0 Å². The average Bonchev–Trinajstić information content (AvgIpc) is 2.94. The summed E-state index contributed by atoms with van der Waals surface area (Å²) < 4.78 is 1.26. The summed E-state index contributed by atoms with van der Waals surface area (Å²) in [6.45, 7) is 3.38. The normalized spacial score (nSPS) is 29.1. The third kappa shape index (κ3) is 1.85. The minimum Gasteiger partial charge on any atom is -0.319 e. The molecule has 15 heavy (non-hydrogen) atoms. The van der Waals surface area contributed by atoms with E-state index in [2.05, 4.69) is 52.4 Å². The second-order valence-corrected chi connectivity index (χ2v) is 5.33. The van der Waals surface area contributed by atoms with Gasteiger partial charge in [0.25, 0.3) is 0 Å². The molecule has 2 unspecified atom stereocenters. The van der Waals surface area contributed by atoms with Gasteiger partial charge in [-0.05, 0) is 31.0 Å². The standard InChI is InChI=1S/C13H18BrN/c1-3-10-8-13(10,9-15-2)11-6-4-5-7-12(11)14/h4-7,10,15H,3,8-9H2,1-2H3. The highest BCUT2D eigenvalue weighted by Crippen LogP contribution is 2.57. The Morgan fingerprint density at radius 1 is 1.47 bits per heavy atom. The number of rotatable bonds is 4. The van der Waals surface area contributed by atoms with Crippen LogP contribution in [-0.2, 0) is 5.41 Å². The average molecular weight is 268 g/mol. The molecule has 1 saturated carbocycles.